The van der Waals surface area contributed by atoms with Crippen molar-refractivity contribution < 1.29 is 32.3 Å². The van der Waals surface area contributed by atoms with E-state index in [1.807, 2.05) is 20.8 Å². The number of amides is 2. The van der Waals surface area contributed by atoms with Gasteiger partial charge in [0.1, 0.15) is 17.8 Å². The first-order valence-corrected chi connectivity index (χ1v) is 13.8. The molecule has 1 N–H and O–H groups in total. The minimum Gasteiger partial charge on any atom is -0.618 e. The van der Waals surface area contributed by atoms with E-state index in [1.54, 1.807) is 16.8 Å². The number of rotatable bonds is 6. The molecule has 0 bridgehead atoms. The first-order chi connectivity index (χ1) is 16.9. The summed E-state index contributed by atoms with van der Waals surface area (Å²) in [6.45, 7) is 5.45. The molecule has 3 unspecified atom stereocenters. The van der Waals surface area contributed by atoms with Crippen LogP contribution in [0.25, 0.3) is 0 Å². The summed E-state index contributed by atoms with van der Waals surface area (Å²) in [6, 6.07) is 2.88. The van der Waals surface area contributed by atoms with Crippen molar-refractivity contribution in [2.75, 3.05) is 13.1 Å². The smallest absolute Gasteiger partial charge is 0.413 e. The van der Waals surface area contributed by atoms with Gasteiger partial charge in [-0.1, -0.05) is 20.8 Å². The van der Waals surface area contributed by atoms with E-state index in [2.05, 4.69) is 5.32 Å². The second-order valence-electron chi connectivity index (χ2n) is 10.0. The van der Waals surface area contributed by atoms with Crippen molar-refractivity contribution in [1.82, 2.24) is 14.5 Å². The fraction of sp³-hybridized carbons (Fsp3) is 0.478. The average Bonchev–Trinajstić information content (AvgIpc) is 3.51. The molecule has 2 saturated heterocycles. The zero-order valence-corrected chi connectivity index (χ0v) is 21.8. The van der Waals surface area contributed by atoms with Gasteiger partial charge >= 0.3 is 21.1 Å². The number of nitrogens with one attached hydrogen (secondary N) is 1. The summed E-state index contributed by atoms with van der Waals surface area (Å²) >= 11 is 1.36. The van der Waals surface area contributed by atoms with Gasteiger partial charge in [0.05, 0.1) is 12.6 Å². The Morgan fingerprint density at radius 1 is 1.31 bits per heavy atom. The maximum atomic E-state index is 13.6. The number of Topliss-reactive ketones (excluding diaryl/α,β-unsaturated/α-hetero) is 1. The number of sulfonamides is 1. The van der Waals surface area contributed by atoms with Crippen molar-refractivity contribution in [1.29, 1.82) is 0 Å². The van der Waals surface area contributed by atoms with Gasteiger partial charge in [-0.05, 0) is 35.8 Å². The minimum atomic E-state index is -4.27. The summed E-state index contributed by atoms with van der Waals surface area (Å²) in [5, 5.41) is 17.7. The highest BCUT2D eigenvalue weighted by Gasteiger charge is 2.55. The van der Waals surface area contributed by atoms with Crippen LogP contribution >= 0.6 is 11.3 Å². The Morgan fingerprint density at radius 2 is 2.06 bits per heavy atom. The second kappa shape index (κ2) is 9.79. The number of fused-ring (bicyclic) bond motifs is 1. The van der Waals surface area contributed by atoms with Crippen LogP contribution in [0.4, 0.5) is 4.79 Å². The van der Waals surface area contributed by atoms with Gasteiger partial charge in [-0.25, -0.2) is 13.2 Å². The molecule has 0 aliphatic carbocycles. The van der Waals surface area contributed by atoms with E-state index >= 15 is 0 Å². The summed E-state index contributed by atoms with van der Waals surface area (Å²) < 4.78 is 32.9. The molecule has 2 aromatic heterocycles. The van der Waals surface area contributed by atoms with E-state index in [0.717, 1.165) is 10.5 Å². The van der Waals surface area contributed by atoms with Crippen molar-refractivity contribution in [3.8, 4) is 5.75 Å². The lowest BCUT2D eigenvalue weighted by atomic mass is 9.87. The maximum Gasteiger partial charge on any atom is 0.413 e. The topological polar surface area (TPSA) is 140 Å². The third-order valence-electron chi connectivity index (χ3n) is 6.13. The predicted molar refractivity (Wildman–Crippen MR) is 130 cm³/mol. The number of ether oxygens (including phenoxy) is 1. The van der Waals surface area contributed by atoms with Crippen LogP contribution in [0.1, 0.15) is 33.6 Å². The Kier molecular flexibility index (Phi) is 7.08. The molecule has 2 aromatic rings. The zero-order chi connectivity index (χ0) is 26.3. The van der Waals surface area contributed by atoms with Gasteiger partial charge in [0, 0.05) is 24.1 Å². The van der Waals surface area contributed by atoms with Gasteiger partial charge in [0.15, 0.2) is 12.0 Å². The third-order valence-corrected chi connectivity index (χ3v) is 8.66. The van der Waals surface area contributed by atoms with Crippen molar-refractivity contribution in [3.63, 3.8) is 0 Å². The second-order valence-corrected chi connectivity index (χ2v) is 12.6. The van der Waals surface area contributed by atoms with Gasteiger partial charge in [-0.2, -0.15) is 9.04 Å². The van der Waals surface area contributed by atoms with E-state index in [-0.39, 0.29) is 29.5 Å². The number of ketones is 1. The number of carbonyl (C=O) groups is 3. The number of carbonyl (C=O) groups excluding carboxylic acids is 3. The van der Waals surface area contributed by atoms with Gasteiger partial charge in [0.25, 0.3) is 0 Å². The summed E-state index contributed by atoms with van der Waals surface area (Å²) in [6.07, 6.45) is 0.784. The number of pyridine rings is 1. The summed E-state index contributed by atoms with van der Waals surface area (Å²) in [4.78, 5) is 40.5. The largest absolute Gasteiger partial charge is 0.618 e. The lowest BCUT2D eigenvalue weighted by molar-refractivity contribution is -0.646. The highest BCUT2D eigenvalue weighted by atomic mass is 32.2. The minimum absolute atomic E-state index is 0.139. The molecule has 194 valence electrons. The van der Waals surface area contributed by atoms with Gasteiger partial charge in [0.2, 0.25) is 5.91 Å². The normalized spacial score (nSPS) is 21.3. The molecule has 0 aromatic carbocycles. The van der Waals surface area contributed by atoms with E-state index in [0.29, 0.717) is 5.75 Å². The van der Waals surface area contributed by atoms with Gasteiger partial charge in [-0.15, -0.1) is 11.3 Å². The summed E-state index contributed by atoms with van der Waals surface area (Å²) in [5.41, 5.74) is -0.348. The van der Waals surface area contributed by atoms with Crippen LogP contribution < -0.4 is 14.8 Å². The van der Waals surface area contributed by atoms with Crippen LogP contribution in [-0.2, 0) is 19.6 Å². The zero-order valence-electron chi connectivity index (χ0n) is 20.1. The number of thiophene rings is 1. The predicted octanol–water partition coefficient (Wildman–Crippen LogP) is 1.52. The molecule has 3 atom stereocenters. The molecular formula is C23H28N4O7S2. The molecular weight excluding hydrogens is 508 g/mol. The molecule has 36 heavy (non-hydrogen) atoms. The monoisotopic (exact) mass is 536 g/mol. The fourth-order valence-corrected chi connectivity index (χ4v) is 6.88. The summed E-state index contributed by atoms with van der Waals surface area (Å²) in [7, 11) is -4.27. The van der Waals surface area contributed by atoms with Crippen LogP contribution in [0.2, 0.25) is 0 Å². The van der Waals surface area contributed by atoms with Crippen molar-refractivity contribution in [2.45, 2.75) is 56.8 Å². The first-order valence-electron chi connectivity index (χ1n) is 11.4. The van der Waals surface area contributed by atoms with Crippen LogP contribution in [0, 0.1) is 10.6 Å². The van der Waals surface area contributed by atoms with E-state index < -0.39 is 57.5 Å². The molecule has 0 saturated carbocycles. The molecule has 4 heterocycles. The average molecular weight is 537 g/mol. The van der Waals surface area contributed by atoms with Crippen LogP contribution in [0.15, 0.2) is 46.2 Å². The highest BCUT2D eigenvalue weighted by molar-refractivity contribution is 7.89. The molecule has 2 amide bonds. The number of hydrogen-bond acceptors (Lipinski definition) is 8. The Hall–Kier alpha value is -3.03. The Balaban J connectivity index is 1.55. The molecule has 2 aliphatic heterocycles. The molecule has 0 spiro atoms. The van der Waals surface area contributed by atoms with Gasteiger partial charge in [-0.3, -0.25) is 9.59 Å². The van der Waals surface area contributed by atoms with Crippen LogP contribution in [0.5, 0.6) is 5.75 Å². The molecule has 2 aliphatic rings. The highest BCUT2D eigenvalue weighted by Crippen LogP contribution is 2.34. The molecule has 0 radical (unpaired) electrons. The van der Waals surface area contributed by atoms with Crippen LogP contribution in [-0.4, -0.2) is 66.6 Å². The fourth-order valence-electron chi connectivity index (χ4n) is 4.67. The number of nitrogens with zero attached hydrogens (tertiary/aromatic N) is 3. The van der Waals surface area contributed by atoms with E-state index in [9.17, 15) is 28.0 Å². The molecule has 4 rings (SSSR count). The van der Waals surface area contributed by atoms with Crippen molar-refractivity contribution in [3.05, 3.63) is 46.4 Å². The summed E-state index contributed by atoms with van der Waals surface area (Å²) in [5.74, 6) is -0.562. The number of aromatic nitrogens is 1. The SMILES string of the molecule is CC(C)(C)CC(NC(=O)Oc1ccsc1)C(=O)N1CCC2C1C(=O)CN2S(=O)(=O)c1cccc[n+]1[O-]. The number of likely N-dealkylation sites (tertiary alicyclic amines) is 1. The Morgan fingerprint density at radius 3 is 2.69 bits per heavy atom. The number of hydrogen-bond donors (Lipinski definition) is 1. The molecule has 11 nitrogen and oxygen atoms in total. The van der Waals surface area contributed by atoms with Crippen molar-refractivity contribution in [2.24, 2.45) is 5.41 Å². The third kappa shape index (κ3) is 5.22. The van der Waals surface area contributed by atoms with Crippen LogP contribution in [0.3, 0.4) is 0 Å². The maximum absolute atomic E-state index is 13.6. The standard InChI is InChI=1S/C23H28N4O7S2/c1-23(2,3)12-16(24-22(30)34-15-8-11-35-14-15)21(29)25-10-7-17-20(25)18(28)13-27(17)36(32,33)19-6-4-5-9-26(19)31/h4-6,8-9,11,14,16-17,20H,7,10,12-13H2,1-3H3,(H,24,30). The van der Waals surface area contributed by atoms with Gasteiger partial charge < -0.3 is 20.2 Å². The Labute approximate surface area is 213 Å². The lowest BCUT2D eigenvalue weighted by Gasteiger charge is -2.31. The molecule has 2 fully saturated rings. The Bertz CT molecular complexity index is 1260. The lowest BCUT2D eigenvalue weighted by Crippen LogP contribution is -2.54. The van der Waals surface area contributed by atoms with Crippen molar-refractivity contribution >= 4 is 39.1 Å². The van der Waals surface area contributed by atoms with E-state index in [4.69, 9.17) is 4.74 Å². The quantitative estimate of drug-likeness (QED) is 0.436. The molecule has 13 heteroatoms. The van der Waals surface area contributed by atoms with E-state index in [1.165, 1.54) is 34.4 Å². The first kappa shape index (κ1) is 26.0.